The van der Waals surface area contributed by atoms with Crippen molar-refractivity contribution in [3.05, 3.63) is 81.7 Å². The molecule has 0 spiro atoms. The lowest BCUT2D eigenvalue weighted by molar-refractivity contribution is -0.385. The van der Waals surface area contributed by atoms with Crippen LogP contribution in [0.15, 0.2) is 66.0 Å². The Morgan fingerprint density at radius 2 is 1.91 bits per heavy atom. The highest BCUT2D eigenvalue weighted by atomic mass is 16.6. The van der Waals surface area contributed by atoms with Crippen molar-refractivity contribution in [2.24, 2.45) is 0 Å². The maximum Gasteiger partial charge on any atom is 0.337 e. The van der Waals surface area contributed by atoms with Crippen LogP contribution >= 0.6 is 0 Å². The molecule has 0 saturated heterocycles. The molecule has 1 aliphatic rings. The number of methoxy groups -OCH3 is 2. The van der Waals surface area contributed by atoms with Crippen LogP contribution in [-0.4, -0.2) is 40.9 Å². The van der Waals surface area contributed by atoms with Gasteiger partial charge in [-0.2, -0.15) is 5.10 Å². The molecule has 1 aromatic heterocycles. The van der Waals surface area contributed by atoms with Crippen LogP contribution in [0.3, 0.4) is 0 Å². The third-order valence-corrected chi connectivity index (χ3v) is 5.40. The normalized spacial score (nSPS) is 15.4. The van der Waals surface area contributed by atoms with Crippen LogP contribution in [0.2, 0.25) is 0 Å². The Labute approximate surface area is 194 Å². The fraction of sp³-hybridized carbons (Fsp3) is 0.174. The maximum atomic E-state index is 12.6. The molecule has 3 aromatic rings. The molecule has 1 aliphatic heterocycles. The number of rotatable bonds is 6. The Morgan fingerprint density at radius 3 is 2.56 bits per heavy atom. The number of urea groups is 1. The molecular weight excluding hydrogens is 442 g/mol. The van der Waals surface area contributed by atoms with E-state index in [1.165, 1.54) is 26.4 Å². The van der Waals surface area contributed by atoms with Gasteiger partial charge in [-0.3, -0.25) is 10.1 Å². The zero-order valence-corrected chi connectivity index (χ0v) is 18.6. The Kier molecular flexibility index (Phi) is 6.00. The van der Waals surface area contributed by atoms with E-state index in [-0.39, 0.29) is 17.0 Å². The summed E-state index contributed by atoms with van der Waals surface area (Å²) in [6.45, 7) is 1.59. The molecule has 4 rings (SSSR count). The smallest absolute Gasteiger partial charge is 0.337 e. The average Bonchev–Trinajstić information content (AvgIpc) is 3.28. The first-order valence-corrected chi connectivity index (χ1v) is 10.2. The van der Waals surface area contributed by atoms with Crippen molar-refractivity contribution in [3.8, 4) is 22.7 Å². The number of nitrogens with zero attached hydrogens (tertiary/aromatic N) is 3. The number of nitro groups is 1. The minimum absolute atomic E-state index is 0.0963. The Hall–Kier alpha value is -4.67. The predicted molar refractivity (Wildman–Crippen MR) is 121 cm³/mol. The number of allylic oxidation sites excluding steroid dienone is 1. The zero-order chi connectivity index (χ0) is 24.4. The van der Waals surface area contributed by atoms with Gasteiger partial charge in [0, 0.05) is 29.1 Å². The highest BCUT2D eigenvalue weighted by molar-refractivity contribution is 5.95. The van der Waals surface area contributed by atoms with Crippen LogP contribution in [0, 0.1) is 10.1 Å². The number of carbonyl (C=O) groups excluding carboxylic acids is 2. The topological polar surface area (TPSA) is 138 Å². The summed E-state index contributed by atoms with van der Waals surface area (Å²) in [5.41, 5.74) is 2.22. The van der Waals surface area contributed by atoms with Gasteiger partial charge >= 0.3 is 17.7 Å². The summed E-state index contributed by atoms with van der Waals surface area (Å²) in [4.78, 5) is 36.0. The van der Waals surface area contributed by atoms with Crippen LogP contribution in [0.4, 0.5) is 10.5 Å². The predicted octanol–water partition coefficient (Wildman–Crippen LogP) is 3.26. The minimum Gasteiger partial charge on any atom is -0.490 e. The van der Waals surface area contributed by atoms with Crippen LogP contribution < -0.4 is 15.4 Å². The molecule has 34 heavy (non-hydrogen) atoms. The lowest BCUT2D eigenvalue weighted by atomic mass is 9.93. The molecule has 0 aliphatic carbocycles. The molecule has 2 amide bonds. The lowest BCUT2D eigenvalue weighted by Crippen LogP contribution is -2.45. The standard InChI is InChI=1S/C23H21N5O6/c1-13-19(22(29)34-3)21(25-23(30)24-13)16-12-27(15-7-5-4-6-8-15)26-20(16)14-9-10-18(33-2)17(11-14)28(31)32/h4-12,21H,1-3H3,(H2,24,25,30)/t21-/m1/s1. The molecule has 2 heterocycles. The van der Waals surface area contributed by atoms with Crippen molar-refractivity contribution in [3.63, 3.8) is 0 Å². The van der Waals surface area contributed by atoms with Gasteiger partial charge in [0.15, 0.2) is 5.75 Å². The van der Waals surface area contributed by atoms with E-state index in [0.717, 1.165) is 5.69 Å². The van der Waals surface area contributed by atoms with Crippen molar-refractivity contribution < 1.29 is 24.0 Å². The van der Waals surface area contributed by atoms with Crippen LogP contribution in [0.25, 0.3) is 16.9 Å². The number of aromatic nitrogens is 2. The number of hydrogen-bond acceptors (Lipinski definition) is 7. The average molecular weight is 463 g/mol. The SMILES string of the molecule is COC(=O)C1=C(C)NC(=O)N[C@@H]1c1cn(-c2ccccc2)nc1-c1ccc(OC)c([N+](=O)[O-])c1. The molecule has 2 N–H and O–H groups in total. The molecule has 174 valence electrons. The Morgan fingerprint density at radius 1 is 1.18 bits per heavy atom. The number of esters is 1. The fourth-order valence-electron chi connectivity index (χ4n) is 3.82. The number of ether oxygens (including phenoxy) is 2. The first-order chi connectivity index (χ1) is 16.3. The van der Waals surface area contributed by atoms with Crippen molar-refractivity contribution in [2.45, 2.75) is 13.0 Å². The summed E-state index contributed by atoms with van der Waals surface area (Å²) in [7, 11) is 2.59. The van der Waals surface area contributed by atoms with E-state index in [9.17, 15) is 19.7 Å². The number of carbonyl (C=O) groups is 2. The van der Waals surface area contributed by atoms with Gasteiger partial charge in [-0.1, -0.05) is 18.2 Å². The molecule has 2 aromatic carbocycles. The van der Waals surface area contributed by atoms with Gasteiger partial charge in [0.1, 0.15) is 0 Å². The van der Waals surface area contributed by atoms with Crippen LogP contribution in [-0.2, 0) is 9.53 Å². The first-order valence-electron chi connectivity index (χ1n) is 10.2. The summed E-state index contributed by atoms with van der Waals surface area (Å²) in [5, 5.41) is 21.6. The summed E-state index contributed by atoms with van der Waals surface area (Å²) in [5.74, 6) is -0.534. The van der Waals surface area contributed by atoms with E-state index >= 15 is 0 Å². The third kappa shape index (κ3) is 4.06. The summed E-state index contributed by atoms with van der Waals surface area (Å²) < 4.78 is 11.6. The quantitative estimate of drug-likeness (QED) is 0.325. The monoisotopic (exact) mass is 463 g/mol. The molecule has 0 fully saturated rings. The second-order valence-electron chi connectivity index (χ2n) is 7.42. The largest absolute Gasteiger partial charge is 0.490 e. The third-order valence-electron chi connectivity index (χ3n) is 5.40. The van der Waals surface area contributed by atoms with E-state index in [0.29, 0.717) is 22.5 Å². The van der Waals surface area contributed by atoms with Crippen LogP contribution in [0.1, 0.15) is 18.5 Å². The Bertz CT molecular complexity index is 1310. The van der Waals surface area contributed by atoms with Crippen molar-refractivity contribution in [1.82, 2.24) is 20.4 Å². The van der Waals surface area contributed by atoms with E-state index in [1.54, 1.807) is 23.9 Å². The second-order valence-corrected chi connectivity index (χ2v) is 7.42. The highest BCUT2D eigenvalue weighted by Crippen LogP contribution is 2.38. The zero-order valence-electron chi connectivity index (χ0n) is 18.6. The summed E-state index contributed by atoms with van der Waals surface area (Å²) >= 11 is 0. The van der Waals surface area contributed by atoms with Crippen molar-refractivity contribution in [1.29, 1.82) is 0 Å². The maximum absolute atomic E-state index is 12.6. The van der Waals surface area contributed by atoms with Crippen LogP contribution in [0.5, 0.6) is 5.75 Å². The number of benzene rings is 2. The molecular formula is C23H21N5O6. The molecule has 1 atom stereocenters. The van der Waals surface area contributed by atoms with E-state index < -0.39 is 23.0 Å². The van der Waals surface area contributed by atoms with Gasteiger partial charge in [-0.05, 0) is 31.2 Å². The molecule has 0 bridgehead atoms. The first kappa shape index (κ1) is 22.5. The van der Waals surface area contributed by atoms with Gasteiger partial charge in [0.2, 0.25) is 0 Å². The minimum atomic E-state index is -0.908. The van der Waals surface area contributed by atoms with Crippen molar-refractivity contribution >= 4 is 17.7 Å². The number of nitro benzene ring substituents is 1. The number of amides is 2. The lowest BCUT2D eigenvalue weighted by Gasteiger charge is -2.27. The molecule has 0 unspecified atom stereocenters. The van der Waals surface area contributed by atoms with Gasteiger partial charge in [0.25, 0.3) is 0 Å². The van der Waals surface area contributed by atoms with Crippen molar-refractivity contribution in [2.75, 3.05) is 14.2 Å². The van der Waals surface area contributed by atoms with Gasteiger partial charge < -0.3 is 20.1 Å². The van der Waals surface area contributed by atoms with Gasteiger partial charge in [-0.15, -0.1) is 0 Å². The summed E-state index contributed by atoms with van der Waals surface area (Å²) in [6, 6.07) is 12.2. The van der Waals surface area contributed by atoms with Gasteiger partial charge in [-0.25, -0.2) is 14.3 Å². The van der Waals surface area contributed by atoms with Gasteiger partial charge in [0.05, 0.1) is 42.1 Å². The number of para-hydroxylation sites is 1. The van der Waals surface area contributed by atoms with E-state index in [1.807, 2.05) is 30.3 Å². The van der Waals surface area contributed by atoms with E-state index in [4.69, 9.17) is 9.47 Å². The number of hydrogen-bond donors (Lipinski definition) is 2. The molecule has 11 nitrogen and oxygen atoms in total. The van der Waals surface area contributed by atoms with E-state index in [2.05, 4.69) is 15.7 Å². The second kappa shape index (κ2) is 9.06. The molecule has 0 saturated carbocycles. The fourth-order valence-corrected chi connectivity index (χ4v) is 3.82. The number of nitrogens with one attached hydrogen (secondary N) is 2. The Balaban J connectivity index is 1.96. The summed E-state index contributed by atoms with van der Waals surface area (Å²) in [6.07, 6.45) is 1.67. The molecule has 11 heteroatoms. The highest BCUT2D eigenvalue weighted by Gasteiger charge is 2.35. The molecule has 0 radical (unpaired) electrons.